The SMILES string of the molecule is CC(=O)Oc1ncc(N2CCC(c3nc(C4=NOC(c5c(Cl)cccc5Cl)C4)cs3)CC2)nc1C(F)(F)F. The molecule has 14 heteroatoms. The molecule has 3 aromatic rings. The van der Waals surface area contributed by atoms with Gasteiger partial charge in [-0.3, -0.25) is 4.79 Å². The molecule has 0 bridgehead atoms. The predicted octanol–water partition coefficient (Wildman–Crippen LogP) is 6.43. The van der Waals surface area contributed by atoms with E-state index >= 15 is 0 Å². The lowest BCUT2D eigenvalue weighted by Crippen LogP contribution is -2.34. The number of halogens is 5. The van der Waals surface area contributed by atoms with Crippen LogP contribution >= 0.6 is 34.5 Å². The number of hydrogen-bond acceptors (Lipinski definition) is 9. The highest BCUT2D eigenvalue weighted by molar-refractivity contribution is 7.10. The van der Waals surface area contributed by atoms with E-state index in [9.17, 15) is 18.0 Å². The molecular formula is C24H20Cl2F3N5O3S. The van der Waals surface area contributed by atoms with E-state index in [1.165, 1.54) is 17.5 Å². The van der Waals surface area contributed by atoms with Crippen LogP contribution in [0.4, 0.5) is 19.0 Å². The predicted molar refractivity (Wildman–Crippen MR) is 136 cm³/mol. The molecule has 0 saturated carbocycles. The Balaban J connectivity index is 1.23. The van der Waals surface area contributed by atoms with Crippen molar-refractivity contribution in [1.82, 2.24) is 15.0 Å². The highest BCUT2D eigenvalue weighted by Crippen LogP contribution is 2.40. The van der Waals surface area contributed by atoms with Crippen molar-refractivity contribution in [3.8, 4) is 5.88 Å². The average Bonchev–Trinajstić information content (AvgIpc) is 3.54. The van der Waals surface area contributed by atoms with Gasteiger partial charge in [0.2, 0.25) is 5.69 Å². The Morgan fingerprint density at radius 1 is 1.18 bits per heavy atom. The molecule has 0 N–H and O–H groups in total. The van der Waals surface area contributed by atoms with Crippen LogP contribution in [0, 0.1) is 0 Å². The quantitative estimate of drug-likeness (QED) is 0.318. The van der Waals surface area contributed by atoms with Crippen LogP contribution in [0.5, 0.6) is 5.88 Å². The number of carbonyl (C=O) groups excluding carboxylic acids is 1. The number of hydrogen-bond donors (Lipinski definition) is 0. The summed E-state index contributed by atoms with van der Waals surface area (Å²) in [5, 5.41) is 8.08. The van der Waals surface area contributed by atoms with Gasteiger partial charge in [-0.15, -0.1) is 11.3 Å². The van der Waals surface area contributed by atoms with Gasteiger partial charge in [0, 0.05) is 53.3 Å². The van der Waals surface area contributed by atoms with Crippen LogP contribution in [-0.2, 0) is 15.8 Å². The van der Waals surface area contributed by atoms with Gasteiger partial charge in [-0.25, -0.2) is 15.0 Å². The van der Waals surface area contributed by atoms with Crippen molar-refractivity contribution < 1.29 is 27.5 Å². The standard InChI is InChI=1S/C24H20Cl2F3N5O3S/c1-12(35)36-22-21(24(27,28)29)32-19(10-30-22)34-7-5-13(6-8-34)23-31-17(11-38-23)16-9-18(37-33-16)20-14(25)3-2-4-15(20)26/h2-4,10-11,13,18H,5-9H2,1H3. The Hall–Kier alpha value is -2.96. The molecule has 2 aliphatic heterocycles. The van der Waals surface area contributed by atoms with Gasteiger partial charge < -0.3 is 14.5 Å². The Morgan fingerprint density at radius 2 is 1.89 bits per heavy atom. The van der Waals surface area contributed by atoms with Crippen LogP contribution in [0.1, 0.15) is 60.2 Å². The zero-order chi connectivity index (χ0) is 27.0. The van der Waals surface area contributed by atoms with Crippen LogP contribution in [0.3, 0.4) is 0 Å². The van der Waals surface area contributed by atoms with Gasteiger partial charge in [0.15, 0.2) is 6.10 Å². The first-order chi connectivity index (χ1) is 18.1. The summed E-state index contributed by atoms with van der Waals surface area (Å²) in [6.45, 7) is 1.94. The summed E-state index contributed by atoms with van der Waals surface area (Å²) < 4.78 is 45.0. The van der Waals surface area contributed by atoms with Crippen LogP contribution < -0.4 is 9.64 Å². The number of alkyl halides is 3. The van der Waals surface area contributed by atoms with Crippen LogP contribution in [0.25, 0.3) is 0 Å². The Morgan fingerprint density at radius 3 is 2.55 bits per heavy atom. The number of benzene rings is 1. The van der Waals surface area contributed by atoms with E-state index in [-0.39, 0.29) is 11.7 Å². The molecule has 8 nitrogen and oxygen atoms in total. The third kappa shape index (κ3) is 5.57. The van der Waals surface area contributed by atoms with Crippen molar-refractivity contribution in [1.29, 1.82) is 0 Å². The maximum Gasteiger partial charge on any atom is 0.438 e. The van der Waals surface area contributed by atoms with E-state index in [0.717, 1.165) is 17.6 Å². The van der Waals surface area contributed by atoms with Gasteiger partial charge >= 0.3 is 12.1 Å². The molecular weight excluding hydrogens is 566 g/mol. The number of piperidine rings is 1. The van der Waals surface area contributed by atoms with Gasteiger partial charge in [0.1, 0.15) is 11.5 Å². The molecule has 0 amide bonds. The van der Waals surface area contributed by atoms with Gasteiger partial charge in [-0.05, 0) is 25.0 Å². The van der Waals surface area contributed by atoms with Crippen molar-refractivity contribution in [2.75, 3.05) is 18.0 Å². The zero-order valence-electron chi connectivity index (χ0n) is 19.8. The first-order valence-corrected chi connectivity index (χ1v) is 13.2. The fourth-order valence-corrected chi connectivity index (χ4v) is 6.02. The minimum atomic E-state index is -4.81. The fraction of sp³-hybridized carbons (Fsp3) is 0.375. The van der Waals surface area contributed by atoms with Crippen molar-refractivity contribution in [2.45, 2.75) is 44.4 Å². The average molecular weight is 586 g/mol. The van der Waals surface area contributed by atoms with Gasteiger partial charge in [0.05, 0.1) is 16.9 Å². The molecule has 1 unspecified atom stereocenters. The lowest BCUT2D eigenvalue weighted by molar-refractivity contribution is -0.145. The van der Waals surface area contributed by atoms with Gasteiger partial charge in [0.25, 0.3) is 5.88 Å². The van der Waals surface area contributed by atoms with E-state index < -0.39 is 29.8 Å². The van der Waals surface area contributed by atoms with E-state index in [4.69, 9.17) is 33.0 Å². The molecule has 1 fully saturated rings. The highest BCUT2D eigenvalue weighted by Gasteiger charge is 2.39. The summed E-state index contributed by atoms with van der Waals surface area (Å²) in [5.74, 6) is -1.54. The second kappa shape index (κ2) is 10.7. The van der Waals surface area contributed by atoms with Crippen molar-refractivity contribution in [3.05, 3.63) is 61.8 Å². The highest BCUT2D eigenvalue weighted by atomic mass is 35.5. The first-order valence-electron chi connectivity index (χ1n) is 11.6. The lowest BCUT2D eigenvalue weighted by atomic mass is 9.97. The maximum atomic E-state index is 13.5. The summed E-state index contributed by atoms with van der Waals surface area (Å²) >= 11 is 14.1. The first kappa shape index (κ1) is 26.6. The van der Waals surface area contributed by atoms with Crippen LogP contribution in [-0.4, -0.2) is 39.7 Å². The fourth-order valence-electron chi connectivity index (χ4n) is 4.38. The second-order valence-electron chi connectivity index (χ2n) is 8.78. The number of oxime groups is 1. The lowest BCUT2D eigenvalue weighted by Gasteiger charge is -2.32. The minimum Gasteiger partial charge on any atom is -0.405 e. The van der Waals surface area contributed by atoms with Crippen molar-refractivity contribution in [2.24, 2.45) is 5.16 Å². The third-order valence-corrected chi connectivity index (χ3v) is 7.88. The van der Waals surface area contributed by atoms with E-state index in [1.807, 2.05) is 5.38 Å². The summed E-state index contributed by atoms with van der Waals surface area (Å²) in [5.41, 5.74) is 0.788. The molecule has 1 aromatic carbocycles. The largest absolute Gasteiger partial charge is 0.438 e. The molecule has 5 rings (SSSR count). The monoisotopic (exact) mass is 585 g/mol. The number of thiazole rings is 1. The van der Waals surface area contributed by atoms with E-state index in [2.05, 4.69) is 19.9 Å². The number of ether oxygens (including phenoxy) is 1. The normalized spacial score (nSPS) is 18.3. The molecule has 2 aliphatic rings. The Labute approximate surface area is 229 Å². The number of rotatable bonds is 5. The van der Waals surface area contributed by atoms with E-state index in [1.54, 1.807) is 23.1 Å². The Kier molecular flexibility index (Phi) is 7.47. The molecule has 1 atom stereocenters. The molecule has 0 spiro atoms. The number of esters is 1. The molecule has 0 aliphatic carbocycles. The molecule has 200 valence electrons. The molecule has 4 heterocycles. The van der Waals surface area contributed by atoms with Crippen molar-refractivity contribution in [3.63, 3.8) is 0 Å². The summed E-state index contributed by atoms with van der Waals surface area (Å²) in [6.07, 6.45) is -2.20. The van der Waals surface area contributed by atoms with Crippen LogP contribution in [0.2, 0.25) is 10.0 Å². The topological polar surface area (TPSA) is 89.8 Å². The molecule has 2 aromatic heterocycles. The number of nitrogens with zero attached hydrogens (tertiary/aromatic N) is 5. The minimum absolute atomic E-state index is 0.0771. The second-order valence-corrected chi connectivity index (χ2v) is 10.5. The zero-order valence-corrected chi connectivity index (χ0v) is 22.2. The summed E-state index contributed by atoms with van der Waals surface area (Å²) in [4.78, 5) is 30.7. The van der Waals surface area contributed by atoms with Gasteiger partial charge in [-0.1, -0.05) is 34.4 Å². The number of carbonyl (C=O) groups is 1. The van der Waals surface area contributed by atoms with Crippen LogP contribution in [0.15, 0.2) is 34.9 Å². The third-order valence-electron chi connectivity index (χ3n) is 6.21. The maximum absolute atomic E-state index is 13.5. The Bertz CT molecular complexity index is 1370. The van der Waals surface area contributed by atoms with Crippen molar-refractivity contribution >= 4 is 52.0 Å². The van der Waals surface area contributed by atoms with Gasteiger partial charge in [-0.2, -0.15) is 13.2 Å². The summed E-state index contributed by atoms with van der Waals surface area (Å²) in [6, 6.07) is 5.27. The smallest absolute Gasteiger partial charge is 0.405 e. The molecule has 0 radical (unpaired) electrons. The van der Waals surface area contributed by atoms with E-state index in [0.29, 0.717) is 53.7 Å². The number of aromatic nitrogens is 3. The number of anilines is 1. The molecule has 38 heavy (non-hydrogen) atoms. The molecule has 1 saturated heterocycles. The summed E-state index contributed by atoms with van der Waals surface area (Å²) in [7, 11) is 0.